The monoisotopic (exact) mass is 276 g/mol. The molecule has 1 aliphatic heterocycles. The average molecular weight is 276 g/mol. The average Bonchev–Trinajstić information content (AvgIpc) is 2.38. The van der Waals surface area contributed by atoms with Crippen LogP contribution in [0.1, 0.15) is 15.9 Å². The molecule has 1 saturated heterocycles. The predicted molar refractivity (Wildman–Crippen MR) is 60.2 cm³/mol. The van der Waals surface area contributed by atoms with Gasteiger partial charge in [0.25, 0.3) is 5.91 Å². The first-order valence-corrected chi connectivity index (χ1v) is 5.76. The van der Waals surface area contributed by atoms with Gasteiger partial charge in [0.15, 0.2) is 0 Å². The maximum absolute atomic E-state index is 13.5. The van der Waals surface area contributed by atoms with Crippen LogP contribution in [0.4, 0.5) is 17.6 Å². The van der Waals surface area contributed by atoms with Crippen LogP contribution in [0.2, 0.25) is 0 Å². The number of hydrogen-bond acceptors (Lipinski definition) is 2. The molecular formula is C12H12F4N2O. The van der Waals surface area contributed by atoms with Gasteiger partial charge in [-0.1, -0.05) is 0 Å². The van der Waals surface area contributed by atoms with Crippen molar-refractivity contribution in [2.45, 2.75) is 6.18 Å². The highest BCUT2D eigenvalue weighted by molar-refractivity contribution is 5.94. The van der Waals surface area contributed by atoms with Gasteiger partial charge in [0, 0.05) is 26.2 Å². The van der Waals surface area contributed by atoms with Crippen LogP contribution in [-0.4, -0.2) is 37.0 Å². The molecule has 0 atom stereocenters. The van der Waals surface area contributed by atoms with Crippen molar-refractivity contribution in [1.29, 1.82) is 0 Å². The molecule has 7 heteroatoms. The van der Waals surface area contributed by atoms with Crippen molar-refractivity contribution >= 4 is 5.91 Å². The van der Waals surface area contributed by atoms with Gasteiger partial charge >= 0.3 is 6.18 Å². The van der Waals surface area contributed by atoms with Crippen molar-refractivity contribution in [3.63, 3.8) is 0 Å². The first-order valence-electron chi connectivity index (χ1n) is 5.76. The minimum absolute atomic E-state index is 0.356. The van der Waals surface area contributed by atoms with Crippen LogP contribution in [-0.2, 0) is 6.18 Å². The fraction of sp³-hybridized carbons (Fsp3) is 0.417. The van der Waals surface area contributed by atoms with Crippen molar-refractivity contribution in [3.8, 4) is 0 Å². The molecule has 1 heterocycles. The van der Waals surface area contributed by atoms with Gasteiger partial charge in [-0.05, 0) is 18.2 Å². The lowest BCUT2D eigenvalue weighted by molar-refractivity contribution is -0.137. The lowest BCUT2D eigenvalue weighted by atomic mass is 10.1. The standard InChI is InChI=1S/C12H12F4N2O/c13-10-2-1-8(12(14,15)16)7-9(10)11(19)18-5-3-17-4-6-18/h1-2,7,17H,3-6H2. The molecule has 0 aliphatic carbocycles. The second-order valence-electron chi connectivity index (χ2n) is 4.23. The van der Waals surface area contributed by atoms with Gasteiger partial charge in [-0.3, -0.25) is 4.79 Å². The van der Waals surface area contributed by atoms with E-state index < -0.39 is 29.0 Å². The number of carbonyl (C=O) groups excluding carboxylic acids is 1. The minimum atomic E-state index is -4.59. The molecule has 104 valence electrons. The molecule has 1 N–H and O–H groups in total. The number of nitrogens with zero attached hydrogens (tertiary/aromatic N) is 1. The molecule has 0 unspecified atom stereocenters. The van der Waals surface area contributed by atoms with Gasteiger partial charge in [0.2, 0.25) is 0 Å². The van der Waals surface area contributed by atoms with E-state index in [-0.39, 0.29) is 0 Å². The molecule has 1 aliphatic rings. The zero-order valence-corrected chi connectivity index (χ0v) is 9.93. The molecule has 0 spiro atoms. The van der Waals surface area contributed by atoms with E-state index in [1.54, 1.807) is 0 Å². The van der Waals surface area contributed by atoms with E-state index in [1.165, 1.54) is 4.90 Å². The Balaban J connectivity index is 2.30. The summed E-state index contributed by atoms with van der Waals surface area (Å²) in [5.74, 6) is -1.64. The third-order valence-electron chi connectivity index (χ3n) is 2.93. The van der Waals surface area contributed by atoms with Crippen LogP contribution in [0.25, 0.3) is 0 Å². The molecular weight excluding hydrogens is 264 g/mol. The van der Waals surface area contributed by atoms with E-state index >= 15 is 0 Å². The summed E-state index contributed by atoms with van der Waals surface area (Å²) in [6.07, 6.45) is -4.59. The van der Waals surface area contributed by atoms with Gasteiger partial charge in [0.05, 0.1) is 11.1 Å². The summed E-state index contributed by atoms with van der Waals surface area (Å²) in [6.45, 7) is 1.81. The smallest absolute Gasteiger partial charge is 0.336 e. The lowest BCUT2D eigenvalue weighted by Gasteiger charge is -2.27. The van der Waals surface area contributed by atoms with Crippen LogP contribution in [0.5, 0.6) is 0 Å². The predicted octanol–water partition coefficient (Wildman–Crippen LogP) is 1.89. The number of halogens is 4. The number of rotatable bonds is 1. The summed E-state index contributed by atoms with van der Waals surface area (Å²) < 4.78 is 51.2. The Morgan fingerprint density at radius 1 is 1.21 bits per heavy atom. The second-order valence-corrected chi connectivity index (χ2v) is 4.23. The van der Waals surface area contributed by atoms with Crippen LogP contribution in [0.15, 0.2) is 18.2 Å². The van der Waals surface area contributed by atoms with Gasteiger partial charge in [-0.25, -0.2) is 4.39 Å². The van der Waals surface area contributed by atoms with Gasteiger partial charge in [0.1, 0.15) is 5.82 Å². The summed E-state index contributed by atoms with van der Waals surface area (Å²) in [5.41, 5.74) is -1.55. The van der Waals surface area contributed by atoms with Gasteiger partial charge < -0.3 is 10.2 Å². The largest absolute Gasteiger partial charge is 0.416 e. The highest BCUT2D eigenvalue weighted by atomic mass is 19.4. The Morgan fingerprint density at radius 2 is 1.84 bits per heavy atom. The molecule has 1 fully saturated rings. The Morgan fingerprint density at radius 3 is 2.42 bits per heavy atom. The summed E-state index contributed by atoms with van der Waals surface area (Å²) >= 11 is 0. The zero-order valence-electron chi connectivity index (χ0n) is 9.93. The van der Waals surface area contributed by atoms with E-state index in [1.807, 2.05) is 0 Å². The van der Waals surface area contributed by atoms with Crippen molar-refractivity contribution in [2.24, 2.45) is 0 Å². The molecule has 1 aromatic carbocycles. The van der Waals surface area contributed by atoms with Gasteiger partial charge in [-0.2, -0.15) is 13.2 Å². The number of benzene rings is 1. The van der Waals surface area contributed by atoms with Crippen molar-refractivity contribution < 1.29 is 22.4 Å². The second kappa shape index (κ2) is 5.16. The summed E-state index contributed by atoms with van der Waals surface area (Å²) in [4.78, 5) is 13.3. The number of alkyl halides is 3. The molecule has 19 heavy (non-hydrogen) atoms. The quantitative estimate of drug-likeness (QED) is 0.794. The van der Waals surface area contributed by atoms with Crippen LogP contribution in [0, 0.1) is 5.82 Å². The maximum Gasteiger partial charge on any atom is 0.416 e. The number of amides is 1. The van der Waals surface area contributed by atoms with E-state index in [4.69, 9.17) is 0 Å². The molecule has 0 saturated carbocycles. The maximum atomic E-state index is 13.5. The van der Waals surface area contributed by atoms with Crippen LogP contribution >= 0.6 is 0 Å². The van der Waals surface area contributed by atoms with Crippen molar-refractivity contribution in [1.82, 2.24) is 10.2 Å². The molecule has 1 amide bonds. The van der Waals surface area contributed by atoms with Crippen LogP contribution < -0.4 is 5.32 Å². The molecule has 3 nitrogen and oxygen atoms in total. The number of nitrogens with one attached hydrogen (secondary N) is 1. The Labute approximate surface area is 107 Å². The molecule has 0 radical (unpaired) electrons. The van der Waals surface area contributed by atoms with Crippen molar-refractivity contribution in [2.75, 3.05) is 26.2 Å². The Kier molecular flexibility index (Phi) is 3.75. The summed E-state index contributed by atoms with van der Waals surface area (Å²) in [6, 6.07) is 1.88. The highest BCUT2D eigenvalue weighted by Crippen LogP contribution is 2.30. The normalized spacial score (nSPS) is 16.5. The lowest BCUT2D eigenvalue weighted by Crippen LogP contribution is -2.46. The minimum Gasteiger partial charge on any atom is -0.336 e. The fourth-order valence-electron chi connectivity index (χ4n) is 1.90. The van der Waals surface area contributed by atoms with E-state index in [0.29, 0.717) is 44.4 Å². The molecule has 1 aromatic rings. The number of hydrogen-bond donors (Lipinski definition) is 1. The van der Waals surface area contributed by atoms with E-state index in [0.717, 1.165) is 0 Å². The van der Waals surface area contributed by atoms with E-state index in [9.17, 15) is 22.4 Å². The molecule has 0 bridgehead atoms. The summed E-state index contributed by atoms with van der Waals surface area (Å²) in [7, 11) is 0. The highest BCUT2D eigenvalue weighted by Gasteiger charge is 2.32. The van der Waals surface area contributed by atoms with Crippen molar-refractivity contribution in [3.05, 3.63) is 35.1 Å². The Hall–Kier alpha value is -1.63. The number of carbonyl (C=O) groups is 1. The Bertz CT molecular complexity index is 481. The number of piperazine rings is 1. The van der Waals surface area contributed by atoms with E-state index in [2.05, 4.69) is 5.32 Å². The zero-order chi connectivity index (χ0) is 14.0. The van der Waals surface area contributed by atoms with Crippen LogP contribution in [0.3, 0.4) is 0 Å². The van der Waals surface area contributed by atoms with Gasteiger partial charge in [-0.15, -0.1) is 0 Å². The SMILES string of the molecule is O=C(c1cc(C(F)(F)F)ccc1F)N1CCNCC1. The third kappa shape index (κ3) is 3.04. The third-order valence-corrected chi connectivity index (χ3v) is 2.93. The summed E-state index contributed by atoms with van der Waals surface area (Å²) in [5, 5.41) is 3.00. The first-order chi connectivity index (χ1) is 8.89. The fourth-order valence-corrected chi connectivity index (χ4v) is 1.90. The molecule has 0 aromatic heterocycles. The topological polar surface area (TPSA) is 32.3 Å². The first kappa shape index (κ1) is 13.8. The molecule has 2 rings (SSSR count).